The zero-order chi connectivity index (χ0) is 14.2. The summed E-state index contributed by atoms with van der Waals surface area (Å²) in [7, 11) is 0. The summed E-state index contributed by atoms with van der Waals surface area (Å²) in [6.45, 7) is 0. The zero-order valence-electron chi connectivity index (χ0n) is 9.23. The zero-order valence-corrected chi connectivity index (χ0v) is 12.4. The van der Waals surface area contributed by atoms with E-state index in [9.17, 15) is 17.6 Å². The van der Waals surface area contributed by atoms with Gasteiger partial charge in [0.15, 0.2) is 0 Å². The topological polar surface area (TPSA) is 0 Å². The number of rotatable bonds is 1. The number of halogens is 6. The van der Waals surface area contributed by atoms with E-state index < -0.39 is 17.6 Å². The highest BCUT2D eigenvalue weighted by atomic mass is 79.9. The van der Waals surface area contributed by atoms with Crippen molar-refractivity contribution in [3.05, 3.63) is 56.7 Å². The fourth-order valence-corrected chi connectivity index (χ4v) is 2.77. The van der Waals surface area contributed by atoms with E-state index in [0.717, 1.165) is 12.1 Å². The third-order valence-corrected chi connectivity index (χ3v) is 3.83. The third-order valence-electron chi connectivity index (χ3n) is 2.52. The van der Waals surface area contributed by atoms with Crippen molar-refractivity contribution in [2.24, 2.45) is 0 Å². The van der Waals surface area contributed by atoms with Crippen LogP contribution < -0.4 is 0 Å². The van der Waals surface area contributed by atoms with Crippen molar-refractivity contribution in [2.45, 2.75) is 6.18 Å². The molecule has 0 fully saturated rings. The Morgan fingerprint density at radius 3 is 1.79 bits per heavy atom. The first kappa shape index (κ1) is 14.5. The van der Waals surface area contributed by atoms with Gasteiger partial charge in [-0.1, -0.05) is 44.0 Å². The molecule has 0 spiro atoms. The molecular weight excluding hydrogens is 392 g/mol. The van der Waals surface area contributed by atoms with Gasteiger partial charge in [-0.05, 0) is 35.4 Å². The molecule has 19 heavy (non-hydrogen) atoms. The Balaban J connectivity index is 2.52. The van der Waals surface area contributed by atoms with Crippen molar-refractivity contribution in [1.29, 1.82) is 0 Å². The third kappa shape index (κ3) is 3.17. The van der Waals surface area contributed by atoms with Gasteiger partial charge in [-0.15, -0.1) is 0 Å². The molecule has 0 nitrogen and oxygen atoms in total. The van der Waals surface area contributed by atoms with Crippen LogP contribution in [0.5, 0.6) is 0 Å². The van der Waals surface area contributed by atoms with E-state index in [4.69, 9.17) is 0 Å². The summed E-state index contributed by atoms with van der Waals surface area (Å²) in [5.74, 6) is -0.418. The van der Waals surface area contributed by atoms with Crippen LogP contribution in [0.4, 0.5) is 17.6 Å². The minimum Gasteiger partial charge on any atom is -0.207 e. The predicted octanol–water partition coefficient (Wildman–Crippen LogP) is 6.04. The molecule has 0 bridgehead atoms. The molecule has 2 aromatic rings. The van der Waals surface area contributed by atoms with Crippen LogP contribution in [0.3, 0.4) is 0 Å². The highest BCUT2D eigenvalue weighted by molar-refractivity contribution is 9.11. The number of hydrogen-bond acceptors (Lipinski definition) is 0. The summed E-state index contributed by atoms with van der Waals surface area (Å²) in [6.07, 6.45) is -4.39. The maximum atomic E-state index is 13.0. The van der Waals surface area contributed by atoms with Gasteiger partial charge < -0.3 is 0 Å². The van der Waals surface area contributed by atoms with Gasteiger partial charge in [-0.25, -0.2) is 4.39 Å². The lowest BCUT2D eigenvalue weighted by Gasteiger charge is -2.11. The molecule has 0 aromatic heterocycles. The van der Waals surface area contributed by atoms with Crippen LogP contribution in [-0.2, 0) is 6.18 Å². The Bertz CT molecular complexity index is 621. The second-order valence-electron chi connectivity index (χ2n) is 3.82. The van der Waals surface area contributed by atoms with Gasteiger partial charge in [0.25, 0.3) is 0 Å². The minimum atomic E-state index is -4.39. The summed E-state index contributed by atoms with van der Waals surface area (Å²) in [5, 5.41) is 0. The Hall–Kier alpha value is -0.880. The average molecular weight is 398 g/mol. The van der Waals surface area contributed by atoms with E-state index in [0.29, 0.717) is 20.1 Å². The van der Waals surface area contributed by atoms with Gasteiger partial charge in [0.1, 0.15) is 5.82 Å². The van der Waals surface area contributed by atoms with E-state index in [2.05, 4.69) is 31.9 Å². The van der Waals surface area contributed by atoms with Crippen molar-refractivity contribution < 1.29 is 17.6 Å². The maximum Gasteiger partial charge on any atom is 0.416 e. The second kappa shape index (κ2) is 5.25. The first-order valence-corrected chi connectivity index (χ1v) is 6.70. The van der Waals surface area contributed by atoms with Crippen LogP contribution >= 0.6 is 31.9 Å². The van der Waals surface area contributed by atoms with Crippen molar-refractivity contribution in [3.8, 4) is 11.1 Å². The second-order valence-corrected chi connectivity index (χ2v) is 5.53. The van der Waals surface area contributed by atoms with Gasteiger partial charge in [0.05, 0.1) is 5.56 Å². The summed E-state index contributed by atoms with van der Waals surface area (Å²) in [4.78, 5) is 0. The molecule has 6 heteroatoms. The molecule has 0 heterocycles. The molecule has 0 saturated carbocycles. The van der Waals surface area contributed by atoms with E-state index in [1.807, 2.05) is 0 Å². The molecule has 2 rings (SSSR count). The highest BCUT2D eigenvalue weighted by Gasteiger charge is 2.30. The molecular formula is C13H6Br2F4. The number of benzene rings is 2. The fourth-order valence-electron chi connectivity index (χ4n) is 1.62. The van der Waals surface area contributed by atoms with Crippen molar-refractivity contribution in [1.82, 2.24) is 0 Å². The molecule has 0 radical (unpaired) electrons. The van der Waals surface area contributed by atoms with Gasteiger partial charge in [0, 0.05) is 8.95 Å². The van der Waals surface area contributed by atoms with Crippen LogP contribution in [0.15, 0.2) is 45.3 Å². The van der Waals surface area contributed by atoms with E-state index in [1.54, 1.807) is 0 Å². The van der Waals surface area contributed by atoms with E-state index in [-0.39, 0.29) is 0 Å². The first-order chi connectivity index (χ1) is 8.79. The standard InChI is InChI=1S/C13H6Br2F4/c14-11-5-7(13(17,18)19)1-3-9(11)10-4-2-8(16)6-12(10)15/h1-6H. The lowest BCUT2D eigenvalue weighted by atomic mass is 10.0. The minimum absolute atomic E-state index is 0.301. The summed E-state index contributed by atoms with van der Waals surface area (Å²) in [6, 6.07) is 7.38. The monoisotopic (exact) mass is 396 g/mol. The van der Waals surface area contributed by atoms with Crippen molar-refractivity contribution in [2.75, 3.05) is 0 Å². The molecule has 0 amide bonds. The molecule has 2 aromatic carbocycles. The molecule has 0 atom stereocenters. The molecule has 100 valence electrons. The Kier molecular flexibility index (Phi) is 4.01. The lowest BCUT2D eigenvalue weighted by Crippen LogP contribution is -2.04. The average Bonchev–Trinajstić information content (AvgIpc) is 2.28. The summed E-state index contributed by atoms with van der Waals surface area (Å²) in [5.41, 5.74) is 0.434. The molecule has 0 saturated heterocycles. The van der Waals surface area contributed by atoms with Gasteiger partial charge in [-0.2, -0.15) is 13.2 Å². The van der Waals surface area contributed by atoms with Crippen molar-refractivity contribution >= 4 is 31.9 Å². The quantitative estimate of drug-likeness (QED) is 0.515. The largest absolute Gasteiger partial charge is 0.416 e. The van der Waals surface area contributed by atoms with Crippen LogP contribution in [0.25, 0.3) is 11.1 Å². The maximum absolute atomic E-state index is 13.0. The number of hydrogen-bond donors (Lipinski definition) is 0. The Morgan fingerprint density at radius 1 is 0.789 bits per heavy atom. The molecule has 0 aliphatic heterocycles. The van der Waals surface area contributed by atoms with Crippen LogP contribution in [0, 0.1) is 5.82 Å². The van der Waals surface area contributed by atoms with E-state index in [1.165, 1.54) is 24.3 Å². The predicted molar refractivity (Wildman–Crippen MR) is 72.2 cm³/mol. The molecule has 0 N–H and O–H groups in total. The van der Waals surface area contributed by atoms with Crippen LogP contribution in [0.1, 0.15) is 5.56 Å². The van der Waals surface area contributed by atoms with E-state index >= 15 is 0 Å². The Labute approximate surface area is 123 Å². The number of alkyl halides is 3. The Morgan fingerprint density at radius 2 is 1.32 bits per heavy atom. The van der Waals surface area contributed by atoms with Gasteiger partial charge >= 0.3 is 6.18 Å². The van der Waals surface area contributed by atoms with Gasteiger partial charge in [0.2, 0.25) is 0 Å². The molecule has 0 unspecified atom stereocenters. The highest BCUT2D eigenvalue weighted by Crippen LogP contribution is 2.38. The fraction of sp³-hybridized carbons (Fsp3) is 0.0769. The molecule has 0 aliphatic rings. The molecule has 0 aliphatic carbocycles. The summed E-state index contributed by atoms with van der Waals surface area (Å²) >= 11 is 6.31. The van der Waals surface area contributed by atoms with Crippen LogP contribution in [0.2, 0.25) is 0 Å². The van der Waals surface area contributed by atoms with Gasteiger partial charge in [-0.3, -0.25) is 0 Å². The SMILES string of the molecule is Fc1ccc(-c2ccc(C(F)(F)F)cc2Br)c(Br)c1. The summed E-state index contributed by atoms with van der Waals surface area (Å²) < 4.78 is 51.4. The first-order valence-electron chi connectivity index (χ1n) is 5.11. The lowest BCUT2D eigenvalue weighted by molar-refractivity contribution is -0.137. The smallest absolute Gasteiger partial charge is 0.207 e. The van der Waals surface area contributed by atoms with Crippen LogP contribution in [-0.4, -0.2) is 0 Å². The van der Waals surface area contributed by atoms with Crippen molar-refractivity contribution in [3.63, 3.8) is 0 Å². The normalized spacial score (nSPS) is 11.7.